The number of carbonyl (C=O) groups is 1. The fraction of sp³-hybridized carbons (Fsp3) is 0.303. The summed E-state index contributed by atoms with van der Waals surface area (Å²) in [4.78, 5) is 35.3. The molecule has 0 spiro atoms. The zero-order chi connectivity index (χ0) is 29.5. The molecular weight excluding hydrogens is 516 g/mol. The first kappa shape index (κ1) is 29.5. The molecule has 212 valence electrons. The van der Waals surface area contributed by atoms with Gasteiger partial charge in [0.05, 0.1) is 0 Å². The first-order chi connectivity index (χ1) is 19.7. The molecule has 2 aromatic heterocycles. The second kappa shape index (κ2) is 13.3. The van der Waals surface area contributed by atoms with Crippen molar-refractivity contribution in [2.75, 3.05) is 30.0 Å². The van der Waals surface area contributed by atoms with Crippen molar-refractivity contribution < 1.29 is 15.0 Å². The van der Waals surface area contributed by atoms with Gasteiger partial charge in [-0.15, -0.1) is 0 Å². The summed E-state index contributed by atoms with van der Waals surface area (Å²) in [6.07, 6.45) is 1.90. The van der Waals surface area contributed by atoms with Crippen molar-refractivity contribution in [2.24, 2.45) is 0 Å². The van der Waals surface area contributed by atoms with Crippen LogP contribution in [0.4, 0.5) is 16.2 Å². The van der Waals surface area contributed by atoms with Gasteiger partial charge in [-0.05, 0) is 83.0 Å². The van der Waals surface area contributed by atoms with Crippen LogP contribution < -0.4 is 15.8 Å². The largest absolute Gasteiger partial charge is 0.396 e. The predicted octanol–water partition coefficient (Wildman–Crippen LogP) is 5.60. The molecule has 0 aliphatic carbocycles. The molecule has 2 heterocycles. The van der Waals surface area contributed by atoms with Gasteiger partial charge in [0.2, 0.25) is 0 Å². The number of aliphatic hydroxyl groups excluding tert-OH is 2. The van der Waals surface area contributed by atoms with Crippen LogP contribution in [0.25, 0.3) is 22.2 Å². The number of rotatable bonds is 8. The topological polar surface area (TPSA) is 119 Å². The van der Waals surface area contributed by atoms with E-state index in [0.717, 1.165) is 27.8 Å². The Bertz CT molecular complexity index is 1630. The van der Waals surface area contributed by atoms with Gasteiger partial charge >= 0.3 is 6.03 Å². The van der Waals surface area contributed by atoms with Gasteiger partial charge in [0.1, 0.15) is 17.9 Å². The minimum atomic E-state index is -0.454. The molecule has 0 fully saturated rings. The number of benzene rings is 2. The van der Waals surface area contributed by atoms with E-state index < -0.39 is 11.6 Å². The maximum absolute atomic E-state index is 13.9. The Morgan fingerprint density at radius 2 is 1.73 bits per heavy atom. The van der Waals surface area contributed by atoms with Crippen LogP contribution in [0, 0.1) is 11.8 Å². The Balaban J connectivity index is 1.79. The number of aromatic amines is 1. The lowest BCUT2D eigenvalue weighted by Crippen LogP contribution is -2.39. The zero-order valence-electron chi connectivity index (χ0n) is 23.9. The van der Waals surface area contributed by atoms with Crippen LogP contribution in [-0.2, 0) is 0 Å². The number of amides is 2. The quantitative estimate of drug-likeness (QED) is 0.212. The standard InChI is InChI=1S/C33H36N4O4/c1-21(2)27-18-26(24-11-5-9-23(17-24)10-7-15-38)19-28(22(3)4)30(27)35-33(41)37(14-8-16-39)29-20-25-12-6-13-34-31(25)36-32(29)40/h5-6,9,11-13,17-22,38-39H,8,14-16H2,1-4H3,(H,35,41)(H,34,36,40). The van der Waals surface area contributed by atoms with Crippen molar-refractivity contribution in [3.63, 3.8) is 0 Å². The Morgan fingerprint density at radius 3 is 2.39 bits per heavy atom. The van der Waals surface area contributed by atoms with E-state index in [1.54, 1.807) is 18.3 Å². The molecule has 2 amide bonds. The molecule has 0 radical (unpaired) electrons. The van der Waals surface area contributed by atoms with Crippen LogP contribution >= 0.6 is 0 Å². The Kier molecular flexibility index (Phi) is 9.56. The molecular formula is C33H36N4O4. The first-order valence-corrected chi connectivity index (χ1v) is 13.8. The van der Waals surface area contributed by atoms with Gasteiger partial charge in [-0.25, -0.2) is 9.78 Å². The van der Waals surface area contributed by atoms with Crippen LogP contribution in [0.5, 0.6) is 0 Å². The highest BCUT2D eigenvalue weighted by atomic mass is 16.3. The van der Waals surface area contributed by atoms with Gasteiger partial charge in [-0.2, -0.15) is 0 Å². The summed E-state index contributed by atoms with van der Waals surface area (Å²) in [5.41, 5.74) is 5.62. The van der Waals surface area contributed by atoms with Gasteiger partial charge in [0, 0.05) is 36.0 Å². The average molecular weight is 553 g/mol. The van der Waals surface area contributed by atoms with Crippen LogP contribution in [0.1, 0.15) is 62.6 Å². The SMILES string of the molecule is CC(C)c1cc(-c2cccc(C#CCO)c2)cc(C(C)C)c1NC(=O)N(CCCO)c1cc2cccnc2[nH]c1=O. The van der Waals surface area contributed by atoms with Gasteiger partial charge in [-0.3, -0.25) is 9.69 Å². The number of H-pyrrole nitrogens is 1. The maximum atomic E-state index is 13.9. The lowest BCUT2D eigenvalue weighted by Gasteiger charge is -2.26. The van der Waals surface area contributed by atoms with Crippen molar-refractivity contribution in [1.82, 2.24) is 9.97 Å². The molecule has 0 saturated carbocycles. The molecule has 0 aliphatic rings. The van der Waals surface area contributed by atoms with E-state index in [1.807, 2.05) is 30.3 Å². The third-order valence-electron chi connectivity index (χ3n) is 6.85. The van der Waals surface area contributed by atoms with E-state index in [-0.39, 0.29) is 37.3 Å². The number of pyridine rings is 2. The number of anilines is 2. The molecule has 8 heteroatoms. The summed E-state index contributed by atoms with van der Waals surface area (Å²) in [5.74, 6) is 5.83. The van der Waals surface area contributed by atoms with Crippen molar-refractivity contribution in [3.8, 4) is 23.0 Å². The molecule has 2 aromatic carbocycles. The number of nitrogens with one attached hydrogen (secondary N) is 2. The highest BCUT2D eigenvalue weighted by Gasteiger charge is 2.24. The molecule has 0 saturated heterocycles. The number of hydrogen-bond donors (Lipinski definition) is 4. The van der Waals surface area contributed by atoms with E-state index in [4.69, 9.17) is 5.11 Å². The fourth-order valence-corrected chi connectivity index (χ4v) is 4.79. The molecule has 0 aliphatic heterocycles. The highest BCUT2D eigenvalue weighted by molar-refractivity contribution is 6.03. The number of nitrogens with zero attached hydrogens (tertiary/aromatic N) is 2. The molecule has 41 heavy (non-hydrogen) atoms. The van der Waals surface area contributed by atoms with Crippen LogP contribution in [-0.4, -0.2) is 46.0 Å². The number of fused-ring (bicyclic) bond motifs is 1. The van der Waals surface area contributed by atoms with Gasteiger partial charge in [0.25, 0.3) is 5.56 Å². The van der Waals surface area contributed by atoms with Crippen LogP contribution in [0.15, 0.2) is 65.6 Å². The third-order valence-corrected chi connectivity index (χ3v) is 6.85. The zero-order valence-corrected chi connectivity index (χ0v) is 23.9. The number of urea groups is 1. The van der Waals surface area contributed by atoms with Crippen molar-refractivity contribution in [2.45, 2.75) is 46.0 Å². The van der Waals surface area contributed by atoms with E-state index >= 15 is 0 Å². The number of hydrogen-bond acceptors (Lipinski definition) is 5. The molecule has 4 N–H and O–H groups in total. The fourth-order valence-electron chi connectivity index (χ4n) is 4.79. The van der Waals surface area contributed by atoms with Crippen LogP contribution in [0.3, 0.4) is 0 Å². The molecule has 0 atom stereocenters. The molecule has 0 bridgehead atoms. The second-order valence-corrected chi connectivity index (χ2v) is 10.5. The highest BCUT2D eigenvalue weighted by Crippen LogP contribution is 2.37. The molecule has 4 rings (SSSR count). The lowest BCUT2D eigenvalue weighted by atomic mass is 9.88. The predicted molar refractivity (Wildman–Crippen MR) is 164 cm³/mol. The van der Waals surface area contributed by atoms with Crippen molar-refractivity contribution in [3.05, 3.63) is 87.8 Å². The molecule has 0 unspecified atom stereocenters. The second-order valence-electron chi connectivity index (χ2n) is 10.5. The van der Waals surface area contributed by atoms with E-state index in [1.165, 1.54) is 4.90 Å². The minimum Gasteiger partial charge on any atom is -0.396 e. The van der Waals surface area contributed by atoms with E-state index in [2.05, 4.69) is 67.0 Å². The summed E-state index contributed by atoms with van der Waals surface area (Å²) in [5, 5.41) is 22.5. The Morgan fingerprint density at radius 1 is 1.00 bits per heavy atom. The summed E-state index contributed by atoms with van der Waals surface area (Å²) >= 11 is 0. The first-order valence-electron chi connectivity index (χ1n) is 13.8. The average Bonchev–Trinajstić information content (AvgIpc) is 2.96. The minimum absolute atomic E-state index is 0.0844. The van der Waals surface area contributed by atoms with Gasteiger partial charge < -0.3 is 20.5 Å². The molecule has 4 aromatic rings. The normalized spacial score (nSPS) is 11.0. The van der Waals surface area contributed by atoms with Gasteiger partial charge in [0.15, 0.2) is 0 Å². The number of aromatic nitrogens is 2. The Hall–Kier alpha value is -4.45. The van der Waals surface area contributed by atoms with E-state index in [9.17, 15) is 14.7 Å². The van der Waals surface area contributed by atoms with Crippen LogP contribution in [0.2, 0.25) is 0 Å². The van der Waals surface area contributed by atoms with Crippen molar-refractivity contribution in [1.29, 1.82) is 0 Å². The monoisotopic (exact) mass is 552 g/mol. The molecule has 8 nitrogen and oxygen atoms in total. The van der Waals surface area contributed by atoms with Gasteiger partial charge in [-0.1, -0.05) is 51.7 Å². The number of aliphatic hydroxyl groups is 2. The summed E-state index contributed by atoms with van der Waals surface area (Å²) in [6.45, 7) is 8.13. The van der Waals surface area contributed by atoms with E-state index in [0.29, 0.717) is 23.1 Å². The summed E-state index contributed by atoms with van der Waals surface area (Å²) in [7, 11) is 0. The summed E-state index contributed by atoms with van der Waals surface area (Å²) in [6, 6.07) is 16.8. The smallest absolute Gasteiger partial charge is 0.326 e. The third kappa shape index (κ3) is 6.83. The maximum Gasteiger partial charge on any atom is 0.326 e. The Labute approximate surface area is 240 Å². The number of carbonyl (C=O) groups excluding carboxylic acids is 1. The lowest BCUT2D eigenvalue weighted by molar-refractivity contribution is 0.254. The van der Waals surface area contributed by atoms with Crippen molar-refractivity contribution >= 4 is 28.4 Å². The summed E-state index contributed by atoms with van der Waals surface area (Å²) < 4.78 is 0.